The van der Waals surface area contributed by atoms with Gasteiger partial charge >= 0.3 is 0 Å². The smallest absolute Gasteiger partial charge is 0.222 e. The Morgan fingerprint density at radius 3 is 2.76 bits per heavy atom. The summed E-state index contributed by atoms with van der Waals surface area (Å²) in [7, 11) is 0. The summed E-state index contributed by atoms with van der Waals surface area (Å²) < 4.78 is 1.04. The molecule has 0 spiro atoms. The van der Waals surface area contributed by atoms with Crippen molar-refractivity contribution in [1.29, 1.82) is 0 Å². The minimum atomic E-state index is 0.214. The lowest BCUT2D eigenvalue weighted by Gasteiger charge is -2.36. The number of hydrogen-bond donors (Lipinski definition) is 1. The van der Waals surface area contributed by atoms with E-state index in [0.29, 0.717) is 16.6 Å². The summed E-state index contributed by atoms with van der Waals surface area (Å²) in [5.74, 6) is 0.214. The summed E-state index contributed by atoms with van der Waals surface area (Å²) in [6, 6.07) is 3.91. The van der Waals surface area contributed by atoms with Crippen LogP contribution in [0.1, 0.15) is 13.3 Å². The number of halogens is 1. The van der Waals surface area contributed by atoms with Gasteiger partial charge in [0.2, 0.25) is 5.91 Å². The number of hydrogen-bond acceptors (Lipinski definition) is 5. The van der Waals surface area contributed by atoms with Gasteiger partial charge in [-0.15, -0.1) is 0 Å². The molecule has 0 atom stereocenters. The molecule has 7 heteroatoms. The SMILES string of the molecule is CCC(=O)N1CCN(c2cc3sc(N)nc3cc2Cl)CC1. The highest BCUT2D eigenvalue weighted by molar-refractivity contribution is 7.22. The lowest BCUT2D eigenvalue weighted by molar-refractivity contribution is -0.131. The highest BCUT2D eigenvalue weighted by Gasteiger charge is 2.22. The van der Waals surface area contributed by atoms with E-state index in [1.54, 1.807) is 0 Å². The quantitative estimate of drug-likeness (QED) is 0.922. The van der Waals surface area contributed by atoms with Gasteiger partial charge in [0.1, 0.15) is 0 Å². The summed E-state index contributed by atoms with van der Waals surface area (Å²) in [4.78, 5) is 20.1. The van der Waals surface area contributed by atoms with Crippen LogP contribution < -0.4 is 10.6 Å². The molecule has 2 aromatic rings. The largest absolute Gasteiger partial charge is 0.375 e. The van der Waals surface area contributed by atoms with E-state index in [1.807, 2.05) is 24.0 Å². The van der Waals surface area contributed by atoms with Crippen LogP contribution in [0, 0.1) is 0 Å². The average molecular weight is 325 g/mol. The first-order valence-electron chi connectivity index (χ1n) is 6.96. The molecular formula is C14H17ClN4OS. The summed E-state index contributed by atoms with van der Waals surface area (Å²) >= 11 is 7.84. The van der Waals surface area contributed by atoms with Crippen LogP contribution in [0.5, 0.6) is 0 Å². The van der Waals surface area contributed by atoms with E-state index in [0.717, 1.165) is 42.1 Å². The Morgan fingerprint density at radius 1 is 1.38 bits per heavy atom. The van der Waals surface area contributed by atoms with Crippen molar-refractivity contribution in [1.82, 2.24) is 9.88 Å². The number of nitrogens with two attached hydrogens (primary N) is 1. The number of benzene rings is 1. The fourth-order valence-electron chi connectivity index (χ4n) is 2.62. The zero-order chi connectivity index (χ0) is 15.0. The van der Waals surface area contributed by atoms with E-state index in [1.165, 1.54) is 11.3 Å². The number of nitrogen functional groups attached to an aromatic ring is 1. The average Bonchev–Trinajstić information content (AvgIpc) is 2.85. The molecule has 0 bridgehead atoms. The zero-order valence-corrected chi connectivity index (χ0v) is 13.4. The standard InChI is InChI=1S/C14H17ClN4OS/c1-2-13(20)19-5-3-18(4-6-19)11-8-12-10(7-9(11)15)17-14(16)21-12/h7-8H,2-6H2,1H3,(H2,16,17). The number of amides is 1. The number of rotatable bonds is 2. The van der Waals surface area contributed by atoms with E-state index in [9.17, 15) is 4.79 Å². The molecule has 1 aromatic carbocycles. The molecule has 1 amide bonds. The molecule has 2 heterocycles. The first kappa shape index (κ1) is 14.4. The van der Waals surface area contributed by atoms with Gasteiger partial charge in [-0.25, -0.2) is 4.98 Å². The Morgan fingerprint density at radius 2 is 2.10 bits per heavy atom. The van der Waals surface area contributed by atoms with Gasteiger partial charge in [-0.1, -0.05) is 29.9 Å². The van der Waals surface area contributed by atoms with Crippen LogP contribution in [0.15, 0.2) is 12.1 Å². The van der Waals surface area contributed by atoms with Crippen molar-refractivity contribution >= 4 is 49.9 Å². The van der Waals surface area contributed by atoms with Crippen molar-refractivity contribution in [2.45, 2.75) is 13.3 Å². The van der Waals surface area contributed by atoms with Crippen molar-refractivity contribution < 1.29 is 4.79 Å². The topological polar surface area (TPSA) is 62.5 Å². The lowest BCUT2D eigenvalue weighted by Crippen LogP contribution is -2.48. The van der Waals surface area contributed by atoms with Crippen LogP contribution in [0.25, 0.3) is 10.2 Å². The number of aromatic nitrogens is 1. The van der Waals surface area contributed by atoms with E-state index >= 15 is 0 Å². The molecule has 112 valence electrons. The second-order valence-corrected chi connectivity index (χ2v) is 6.51. The molecule has 1 fully saturated rings. The molecule has 1 aliphatic heterocycles. The van der Waals surface area contributed by atoms with E-state index in [2.05, 4.69) is 9.88 Å². The Balaban J connectivity index is 1.81. The van der Waals surface area contributed by atoms with Crippen LogP contribution in [0.3, 0.4) is 0 Å². The van der Waals surface area contributed by atoms with Crippen LogP contribution in [-0.2, 0) is 4.79 Å². The molecular weight excluding hydrogens is 308 g/mol. The summed E-state index contributed by atoms with van der Waals surface area (Å²) in [6.07, 6.45) is 0.562. The second-order valence-electron chi connectivity index (χ2n) is 5.04. The summed E-state index contributed by atoms with van der Waals surface area (Å²) in [5, 5.41) is 1.24. The number of thiazole rings is 1. The monoisotopic (exact) mass is 324 g/mol. The fraction of sp³-hybridized carbons (Fsp3) is 0.429. The molecule has 3 rings (SSSR count). The molecule has 1 saturated heterocycles. The van der Waals surface area contributed by atoms with Gasteiger partial charge in [0, 0.05) is 32.6 Å². The maximum Gasteiger partial charge on any atom is 0.222 e. The predicted octanol–water partition coefficient (Wildman–Crippen LogP) is 2.59. The lowest BCUT2D eigenvalue weighted by atomic mass is 10.2. The molecule has 0 radical (unpaired) electrons. The van der Waals surface area contributed by atoms with Gasteiger partial charge in [0.15, 0.2) is 5.13 Å². The molecule has 0 saturated carbocycles. The molecule has 1 aliphatic rings. The first-order chi connectivity index (χ1) is 10.1. The third-order valence-corrected chi connectivity index (χ3v) is 4.90. The molecule has 0 unspecified atom stereocenters. The fourth-order valence-corrected chi connectivity index (χ4v) is 3.64. The third-order valence-electron chi connectivity index (χ3n) is 3.75. The second kappa shape index (κ2) is 5.69. The van der Waals surface area contributed by atoms with Crippen molar-refractivity contribution in [2.24, 2.45) is 0 Å². The summed E-state index contributed by atoms with van der Waals surface area (Å²) in [5.41, 5.74) is 7.58. The van der Waals surface area contributed by atoms with E-state index < -0.39 is 0 Å². The Kier molecular flexibility index (Phi) is 3.91. The highest BCUT2D eigenvalue weighted by atomic mass is 35.5. The van der Waals surface area contributed by atoms with Gasteiger partial charge in [-0.3, -0.25) is 4.79 Å². The highest BCUT2D eigenvalue weighted by Crippen LogP contribution is 2.34. The minimum Gasteiger partial charge on any atom is -0.375 e. The van der Waals surface area contributed by atoms with Crippen molar-refractivity contribution in [3.63, 3.8) is 0 Å². The molecule has 21 heavy (non-hydrogen) atoms. The number of nitrogens with zero attached hydrogens (tertiary/aromatic N) is 3. The van der Waals surface area contributed by atoms with E-state index in [4.69, 9.17) is 17.3 Å². The number of carbonyl (C=O) groups excluding carboxylic acids is 1. The third kappa shape index (κ3) is 2.78. The van der Waals surface area contributed by atoms with Crippen molar-refractivity contribution in [3.8, 4) is 0 Å². The van der Waals surface area contributed by atoms with Gasteiger partial charge in [-0.05, 0) is 12.1 Å². The number of carbonyl (C=O) groups is 1. The predicted molar refractivity (Wildman–Crippen MR) is 88.1 cm³/mol. The van der Waals surface area contributed by atoms with Gasteiger partial charge in [0.05, 0.1) is 20.9 Å². The normalized spacial score (nSPS) is 15.7. The van der Waals surface area contributed by atoms with Crippen LogP contribution in [0.2, 0.25) is 5.02 Å². The Labute approximate surface area is 132 Å². The number of fused-ring (bicyclic) bond motifs is 1. The maximum absolute atomic E-state index is 11.7. The Hall–Kier alpha value is -1.53. The first-order valence-corrected chi connectivity index (χ1v) is 8.16. The van der Waals surface area contributed by atoms with Crippen molar-refractivity contribution in [2.75, 3.05) is 36.8 Å². The maximum atomic E-state index is 11.7. The van der Waals surface area contributed by atoms with Gasteiger partial charge in [-0.2, -0.15) is 0 Å². The molecule has 2 N–H and O–H groups in total. The zero-order valence-electron chi connectivity index (χ0n) is 11.8. The Bertz CT molecular complexity index is 679. The number of piperazine rings is 1. The van der Waals surface area contributed by atoms with Gasteiger partial charge in [0.25, 0.3) is 0 Å². The van der Waals surface area contributed by atoms with Crippen LogP contribution in [-0.4, -0.2) is 42.0 Å². The molecule has 5 nitrogen and oxygen atoms in total. The molecule has 1 aromatic heterocycles. The van der Waals surface area contributed by atoms with Crippen molar-refractivity contribution in [3.05, 3.63) is 17.2 Å². The minimum absolute atomic E-state index is 0.214. The van der Waals surface area contributed by atoms with Crippen LogP contribution in [0.4, 0.5) is 10.8 Å². The summed E-state index contributed by atoms with van der Waals surface area (Å²) in [6.45, 7) is 4.97. The van der Waals surface area contributed by atoms with Crippen LogP contribution >= 0.6 is 22.9 Å². The van der Waals surface area contributed by atoms with E-state index in [-0.39, 0.29) is 5.91 Å². The molecule has 0 aliphatic carbocycles. The number of anilines is 2. The van der Waals surface area contributed by atoms with Gasteiger partial charge < -0.3 is 15.5 Å².